The van der Waals surface area contributed by atoms with Gasteiger partial charge in [0.2, 0.25) is 5.71 Å². The second-order valence-corrected chi connectivity index (χ2v) is 9.91. The lowest BCUT2D eigenvalue weighted by atomic mass is 9.96. The smallest absolute Gasteiger partial charge is 0.309 e. The number of esters is 1. The fourth-order valence-electron chi connectivity index (χ4n) is 5.19. The van der Waals surface area contributed by atoms with Gasteiger partial charge in [0.25, 0.3) is 0 Å². The number of carbonyl (C=O) groups is 1. The van der Waals surface area contributed by atoms with Gasteiger partial charge >= 0.3 is 5.97 Å². The summed E-state index contributed by atoms with van der Waals surface area (Å²) in [6.45, 7) is 5.08. The van der Waals surface area contributed by atoms with E-state index < -0.39 is 0 Å². The molecule has 0 unspecified atom stereocenters. The van der Waals surface area contributed by atoms with Gasteiger partial charge in [-0.15, -0.1) is 0 Å². The molecule has 9 heteroatoms. The van der Waals surface area contributed by atoms with Gasteiger partial charge in [0.15, 0.2) is 0 Å². The molecule has 1 aromatic carbocycles. The summed E-state index contributed by atoms with van der Waals surface area (Å²) in [6, 6.07) is 5.78. The quantitative estimate of drug-likeness (QED) is 0.414. The molecule has 192 valence electrons. The second kappa shape index (κ2) is 11.0. The SMILES string of the molecule is CCOC(=O)C1CCN(Cc2nc(NCc3ccc(OC)c(Cl)c3)c3c4c(oc3n2)CCCC4)CC1. The van der Waals surface area contributed by atoms with Gasteiger partial charge in [-0.3, -0.25) is 9.69 Å². The predicted molar refractivity (Wildman–Crippen MR) is 138 cm³/mol. The molecule has 0 radical (unpaired) electrons. The van der Waals surface area contributed by atoms with E-state index >= 15 is 0 Å². The zero-order chi connectivity index (χ0) is 25.1. The summed E-state index contributed by atoms with van der Waals surface area (Å²) in [5.74, 6) is 3.11. The van der Waals surface area contributed by atoms with Crippen LogP contribution in [0.2, 0.25) is 5.02 Å². The third-order valence-corrected chi connectivity index (χ3v) is 7.41. The van der Waals surface area contributed by atoms with Crippen molar-refractivity contribution in [3.63, 3.8) is 0 Å². The van der Waals surface area contributed by atoms with Crippen molar-refractivity contribution in [1.29, 1.82) is 0 Å². The number of carbonyl (C=O) groups excluding carboxylic acids is 1. The number of anilines is 1. The summed E-state index contributed by atoms with van der Waals surface area (Å²) < 4.78 is 16.7. The van der Waals surface area contributed by atoms with E-state index in [-0.39, 0.29) is 11.9 Å². The Labute approximate surface area is 216 Å². The first kappa shape index (κ1) is 24.8. The lowest BCUT2D eigenvalue weighted by Crippen LogP contribution is -2.37. The lowest BCUT2D eigenvalue weighted by Gasteiger charge is -2.30. The first-order valence-electron chi connectivity index (χ1n) is 12.8. The van der Waals surface area contributed by atoms with E-state index in [0.29, 0.717) is 36.2 Å². The first-order chi connectivity index (χ1) is 17.6. The molecule has 0 spiro atoms. The number of nitrogens with one attached hydrogen (secondary N) is 1. The fraction of sp³-hybridized carbons (Fsp3) is 0.519. The zero-order valence-electron chi connectivity index (χ0n) is 20.9. The van der Waals surface area contributed by atoms with E-state index in [0.717, 1.165) is 80.0 Å². The molecule has 2 aromatic heterocycles. The normalized spacial score (nSPS) is 16.6. The van der Waals surface area contributed by atoms with Crippen LogP contribution in [0.4, 0.5) is 5.82 Å². The maximum Gasteiger partial charge on any atom is 0.309 e. The molecule has 0 amide bonds. The summed E-state index contributed by atoms with van der Waals surface area (Å²) in [7, 11) is 1.61. The molecular weight excluding hydrogens is 480 g/mol. The Morgan fingerprint density at radius 3 is 2.78 bits per heavy atom. The largest absolute Gasteiger partial charge is 0.495 e. The third kappa shape index (κ3) is 5.30. The molecule has 0 atom stereocenters. The number of hydrogen-bond acceptors (Lipinski definition) is 8. The Morgan fingerprint density at radius 1 is 1.22 bits per heavy atom. The maximum absolute atomic E-state index is 12.1. The van der Waals surface area contributed by atoms with Crippen LogP contribution in [-0.2, 0) is 35.5 Å². The van der Waals surface area contributed by atoms with Crippen molar-refractivity contribution in [2.24, 2.45) is 5.92 Å². The lowest BCUT2D eigenvalue weighted by molar-refractivity contribution is -0.149. The van der Waals surface area contributed by atoms with Crippen LogP contribution in [0.25, 0.3) is 11.1 Å². The topological polar surface area (TPSA) is 89.7 Å². The highest BCUT2D eigenvalue weighted by Gasteiger charge is 2.27. The Bertz CT molecular complexity index is 1240. The molecule has 5 rings (SSSR count). The minimum absolute atomic E-state index is 0.0186. The highest BCUT2D eigenvalue weighted by molar-refractivity contribution is 6.32. The molecule has 1 fully saturated rings. The maximum atomic E-state index is 12.1. The van der Waals surface area contributed by atoms with Gasteiger partial charge < -0.3 is 19.2 Å². The number of piperidine rings is 1. The number of aryl methyl sites for hydroxylation is 2. The Hall–Kier alpha value is -2.84. The van der Waals surface area contributed by atoms with Crippen molar-refractivity contribution in [2.45, 2.75) is 58.5 Å². The molecule has 0 saturated carbocycles. The number of furan rings is 1. The predicted octanol–water partition coefficient (Wildman–Crippen LogP) is 5.15. The molecule has 1 saturated heterocycles. The van der Waals surface area contributed by atoms with Gasteiger partial charge in [0, 0.05) is 18.5 Å². The number of benzene rings is 1. The molecule has 1 aliphatic carbocycles. The minimum atomic E-state index is -0.0823. The number of nitrogens with zero attached hydrogens (tertiary/aromatic N) is 3. The number of ether oxygens (including phenoxy) is 2. The summed E-state index contributed by atoms with van der Waals surface area (Å²) >= 11 is 6.34. The van der Waals surface area contributed by atoms with Crippen molar-refractivity contribution in [3.05, 3.63) is 45.9 Å². The third-order valence-electron chi connectivity index (χ3n) is 7.11. The molecule has 0 bridgehead atoms. The van der Waals surface area contributed by atoms with Crippen LogP contribution in [0.5, 0.6) is 5.75 Å². The summed E-state index contributed by atoms with van der Waals surface area (Å²) in [6.07, 6.45) is 5.78. The van der Waals surface area contributed by atoms with Crippen LogP contribution in [0.1, 0.15) is 55.3 Å². The summed E-state index contributed by atoms with van der Waals surface area (Å²) in [4.78, 5) is 24.2. The molecule has 8 nitrogen and oxygen atoms in total. The van der Waals surface area contributed by atoms with E-state index in [1.165, 1.54) is 5.56 Å². The van der Waals surface area contributed by atoms with E-state index in [2.05, 4.69) is 10.2 Å². The second-order valence-electron chi connectivity index (χ2n) is 9.50. The van der Waals surface area contributed by atoms with Crippen LogP contribution >= 0.6 is 11.6 Å². The molecule has 1 aliphatic heterocycles. The number of methoxy groups -OCH3 is 1. The van der Waals surface area contributed by atoms with Crippen LogP contribution in [-0.4, -0.2) is 47.6 Å². The van der Waals surface area contributed by atoms with Crippen LogP contribution < -0.4 is 10.1 Å². The molecule has 3 aromatic rings. The van der Waals surface area contributed by atoms with Gasteiger partial charge in [0.1, 0.15) is 23.2 Å². The van der Waals surface area contributed by atoms with Crippen LogP contribution in [0.3, 0.4) is 0 Å². The number of hydrogen-bond donors (Lipinski definition) is 1. The van der Waals surface area contributed by atoms with Gasteiger partial charge in [-0.2, -0.15) is 4.98 Å². The van der Waals surface area contributed by atoms with E-state index in [1.807, 2.05) is 25.1 Å². The van der Waals surface area contributed by atoms with Crippen molar-refractivity contribution in [2.75, 3.05) is 32.1 Å². The highest BCUT2D eigenvalue weighted by atomic mass is 35.5. The first-order valence-corrected chi connectivity index (χ1v) is 13.2. The minimum Gasteiger partial charge on any atom is -0.495 e. The monoisotopic (exact) mass is 512 g/mol. The fourth-order valence-corrected chi connectivity index (χ4v) is 5.47. The average molecular weight is 513 g/mol. The summed E-state index contributed by atoms with van der Waals surface area (Å²) in [5.41, 5.74) is 2.92. The van der Waals surface area contributed by atoms with Gasteiger partial charge in [-0.1, -0.05) is 17.7 Å². The number of likely N-dealkylation sites (tertiary alicyclic amines) is 1. The van der Waals surface area contributed by atoms with Crippen molar-refractivity contribution >= 4 is 34.5 Å². The van der Waals surface area contributed by atoms with Gasteiger partial charge in [0.05, 0.1) is 36.6 Å². The molecule has 2 aliphatic rings. The van der Waals surface area contributed by atoms with Crippen molar-refractivity contribution < 1.29 is 18.7 Å². The Balaban J connectivity index is 1.36. The van der Waals surface area contributed by atoms with Crippen molar-refractivity contribution in [3.8, 4) is 5.75 Å². The number of rotatable bonds is 8. The average Bonchev–Trinajstić information content (AvgIpc) is 3.26. The molecule has 1 N–H and O–H groups in total. The molecule has 3 heterocycles. The molecule has 36 heavy (non-hydrogen) atoms. The Morgan fingerprint density at radius 2 is 2.03 bits per heavy atom. The van der Waals surface area contributed by atoms with E-state index in [1.54, 1.807) is 7.11 Å². The van der Waals surface area contributed by atoms with Crippen LogP contribution in [0, 0.1) is 5.92 Å². The van der Waals surface area contributed by atoms with Crippen LogP contribution in [0.15, 0.2) is 22.6 Å². The Kier molecular flexibility index (Phi) is 7.62. The zero-order valence-corrected chi connectivity index (χ0v) is 21.7. The molecular formula is C27H33ClN4O4. The standard InChI is InChI=1S/C27H33ClN4O4/c1-3-35-27(33)18-10-12-32(13-11-18)16-23-30-25(29-15-17-8-9-22(34-2)20(28)14-17)24-19-6-4-5-7-21(19)36-26(24)31-23/h8-9,14,18H,3-7,10-13,15-16H2,1-2H3,(H,29,30,31). The summed E-state index contributed by atoms with van der Waals surface area (Å²) in [5, 5.41) is 5.10. The number of fused-ring (bicyclic) bond motifs is 3. The highest BCUT2D eigenvalue weighted by Crippen LogP contribution is 2.35. The van der Waals surface area contributed by atoms with Gasteiger partial charge in [-0.05, 0) is 69.8 Å². The van der Waals surface area contributed by atoms with Crippen molar-refractivity contribution in [1.82, 2.24) is 14.9 Å². The van der Waals surface area contributed by atoms with E-state index in [9.17, 15) is 4.79 Å². The number of aromatic nitrogens is 2. The van der Waals surface area contributed by atoms with Gasteiger partial charge in [-0.25, -0.2) is 4.98 Å². The number of halogens is 1. The van der Waals surface area contributed by atoms with E-state index in [4.69, 9.17) is 35.5 Å².